The molecule has 27 heavy (non-hydrogen) atoms. The van der Waals surface area contributed by atoms with Gasteiger partial charge in [0.25, 0.3) is 5.91 Å². The summed E-state index contributed by atoms with van der Waals surface area (Å²) in [4.78, 5) is 31.2. The molecule has 1 aromatic heterocycles. The van der Waals surface area contributed by atoms with Crippen molar-refractivity contribution in [3.05, 3.63) is 34.0 Å². The van der Waals surface area contributed by atoms with Crippen LogP contribution in [0.2, 0.25) is 0 Å². The summed E-state index contributed by atoms with van der Waals surface area (Å²) >= 11 is 3.47. The van der Waals surface area contributed by atoms with E-state index in [1.54, 1.807) is 0 Å². The van der Waals surface area contributed by atoms with Crippen LogP contribution in [-0.4, -0.2) is 72.3 Å². The van der Waals surface area contributed by atoms with Gasteiger partial charge in [0, 0.05) is 54.7 Å². The minimum Gasteiger partial charge on any atom is -0.451 e. The maximum atomic E-state index is 12.9. The lowest BCUT2D eigenvalue weighted by Crippen LogP contribution is -2.51. The molecule has 0 radical (unpaired) electrons. The zero-order chi connectivity index (χ0) is 19.0. The van der Waals surface area contributed by atoms with E-state index in [-0.39, 0.29) is 11.8 Å². The quantitative estimate of drug-likeness (QED) is 0.746. The molecule has 0 atom stereocenters. The van der Waals surface area contributed by atoms with Gasteiger partial charge in [0.05, 0.1) is 6.54 Å². The maximum Gasteiger partial charge on any atom is 0.289 e. The molecule has 2 fully saturated rings. The second-order valence-electron chi connectivity index (χ2n) is 7.35. The molecule has 0 saturated carbocycles. The van der Waals surface area contributed by atoms with Crippen molar-refractivity contribution in [3.63, 3.8) is 0 Å². The topological polar surface area (TPSA) is 57.0 Å². The molecular formula is C20H24BrN3O3. The highest BCUT2D eigenvalue weighted by Crippen LogP contribution is 2.29. The van der Waals surface area contributed by atoms with Gasteiger partial charge in [-0.1, -0.05) is 15.9 Å². The molecule has 2 aromatic rings. The van der Waals surface area contributed by atoms with Gasteiger partial charge in [-0.2, -0.15) is 0 Å². The minimum absolute atomic E-state index is 0.0645. The molecule has 3 heterocycles. The van der Waals surface area contributed by atoms with E-state index in [4.69, 9.17) is 4.42 Å². The van der Waals surface area contributed by atoms with Crippen LogP contribution in [0, 0.1) is 6.92 Å². The number of amides is 2. The number of fused-ring (bicyclic) bond motifs is 1. The van der Waals surface area contributed by atoms with Crippen molar-refractivity contribution in [1.29, 1.82) is 0 Å². The number of hydrogen-bond donors (Lipinski definition) is 0. The number of halogens is 1. The Morgan fingerprint density at radius 2 is 1.74 bits per heavy atom. The summed E-state index contributed by atoms with van der Waals surface area (Å²) in [6.07, 6.45) is 2.23. The zero-order valence-corrected chi connectivity index (χ0v) is 17.1. The summed E-state index contributed by atoms with van der Waals surface area (Å²) in [5, 5.41) is 0.961. The molecule has 4 rings (SSSR count). The van der Waals surface area contributed by atoms with Crippen LogP contribution in [0.3, 0.4) is 0 Å². The van der Waals surface area contributed by atoms with Crippen molar-refractivity contribution in [2.45, 2.75) is 19.8 Å². The Bertz CT molecular complexity index is 865. The van der Waals surface area contributed by atoms with Gasteiger partial charge < -0.3 is 14.2 Å². The van der Waals surface area contributed by atoms with Gasteiger partial charge in [-0.05, 0) is 38.0 Å². The van der Waals surface area contributed by atoms with Crippen LogP contribution in [0.1, 0.15) is 29.0 Å². The number of hydrogen-bond acceptors (Lipinski definition) is 4. The standard InChI is InChI=1S/C20H24BrN3O3/c1-14-16-12-15(21)4-5-17(16)27-19(14)20(26)24-10-8-22(9-11-24)13-18(25)23-6-2-3-7-23/h4-5,12H,2-3,6-11,13H2,1H3. The molecule has 0 spiro atoms. The predicted molar refractivity (Wildman–Crippen MR) is 107 cm³/mol. The Morgan fingerprint density at radius 3 is 2.44 bits per heavy atom. The van der Waals surface area contributed by atoms with E-state index in [0.717, 1.165) is 60.0 Å². The number of rotatable bonds is 3. The fourth-order valence-electron chi connectivity index (χ4n) is 3.91. The molecule has 2 aliphatic rings. The van der Waals surface area contributed by atoms with Crippen molar-refractivity contribution < 1.29 is 14.0 Å². The molecule has 0 bridgehead atoms. The number of carbonyl (C=O) groups is 2. The number of furan rings is 1. The largest absolute Gasteiger partial charge is 0.451 e. The van der Waals surface area contributed by atoms with Gasteiger partial charge in [0.2, 0.25) is 5.91 Å². The van der Waals surface area contributed by atoms with Crippen LogP contribution >= 0.6 is 15.9 Å². The molecule has 6 nitrogen and oxygen atoms in total. The van der Waals surface area contributed by atoms with Crippen molar-refractivity contribution in [2.24, 2.45) is 0 Å². The normalized spacial score (nSPS) is 18.4. The first kappa shape index (κ1) is 18.5. The molecular weight excluding hydrogens is 410 g/mol. The summed E-state index contributed by atoms with van der Waals surface area (Å²) in [6, 6.07) is 5.77. The highest BCUT2D eigenvalue weighted by atomic mass is 79.9. The molecule has 0 aliphatic carbocycles. The molecule has 144 valence electrons. The SMILES string of the molecule is Cc1c(C(=O)N2CCN(CC(=O)N3CCCC3)CC2)oc2ccc(Br)cc12. The van der Waals surface area contributed by atoms with Crippen LogP contribution in [0.4, 0.5) is 0 Å². The number of benzene rings is 1. The molecule has 7 heteroatoms. The lowest BCUT2D eigenvalue weighted by molar-refractivity contribution is -0.131. The molecule has 2 amide bonds. The first-order chi connectivity index (χ1) is 13.0. The van der Waals surface area contributed by atoms with Crippen molar-refractivity contribution >= 4 is 38.7 Å². The Kier molecular flexibility index (Phi) is 5.23. The molecule has 0 unspecified atom stereocenters. The molecule has 2 aliphatic heterocycles. The first-order valence-corrected chi connectivity index (χ1v) is 10.3. The minimum atomic E-state index is -0.0645. The monoisotopic (exact) mass is 433 g/mol. The van der Waals surface area contributed by atoms with Crippen LogP contribution in [-0.2, 0) is 4.79 Å². The van der Waals surface area contributed by atoms with E-state index in [1.165, 1.54) is 0 Å². The number of carbonyl (C=O) groups excluding carboxylic acids is 2. The van der Waals surface area contributed by atoms with Crippen LogP contribution in [0.15, 0.2) is 27.1 Å². The van der Waals surface area contributed by atoms with Gasteiger partial charge in [0.1, 0.15) is 5.58 Å². The Balaban J connectivity index is 1.38. The number of piperazine rings is 1. The zero-order valence-electron chi connectivity index (χ0n) is 15.5. The van der Waals surface area contributed by atoms with E-state index in [2.05, 4.69) is 20.8 Å². The maximum absolute atomic E-state index is 12.9. The fraction of sp³-hybridized carbons (Fsp3) is 0.500. The van der Waals surface area contributed by atoms with Gasteiger partial charge >= 0.3 is 0 Å². The number of likely N-dealkylation sites (tertiary alicyclic amines) is 1. The number of nitrogens with zero attached hydrogens (tertiary/aromatic N) is 3. The predicted octanol–water partition coefficient (Wildman–Crippen LogP) is 2.88. The second-order valence-corrected chi connectivity index (χ2v) is 8.27. The molecule has 2 saturated heterocycles. The summed E-state index contributed by atoms with van der Waals surface area (Å²) in [5.41, 5.74) is 1.61. The Labute approximate surface area is 167 Å². The van der Waals surface area contributed by atoms with E-state index in [1.807, 2.05) is 34.9 Å². The lowest BCUT2D eigenvalue weighted by atomic mass is 10.1. The third-order valence-corrected chi connectivity index (χ3v) is 6.06. The van der Waals surface area contributed by atoms with Crippen molar-refractivity contribution in [1.82, 2.24) is 14.7 Å². The third kappa shape index (κ3) is 3.75. The smallest absolute Gasteiger partial charge is 0.289 e. The van der Waals surface area contributed by atoms with Crippen LogP contribution in [0.5, 0.6) is 0 Å². The van der Waals surface area contributed by atoms with Crippen LogP contribution in [0.25, 0.3) is 11.0 Å². The van der Waals surface area contributed by atoms with Crippen LogP contribution < -0.4 is 0 Å². The van der Waals surface area contributed by atoms with Gasteiger partial charge in [-0.3, -0.25) is 14.5 Å². The average molecular weight is 434 g/mol. The fourth-order valence-corrected chi connectivity index (χ4v) is 4.27. The summed E-state index contributed by atoms with van der Waals surface area (Å²) in [5.74, 6) is 0.570. The highest BCUT2D eigenvalue weighted by Gasteiger charge is 2.28. The average Bonchev–Trinajstić information content (AvgIpc) is 3.31. The Hall–Kier alpha value is -1.86. The lowest BCUT2D eigenvalue weighted by Gasteiger charge is -2.34. The van der Waals surface area contributed by atoms with Gasteiger partial charge in [0.15, 0.2) is 5.76 Å². The summed E-state index contributed by atoms with van der Waals surface area (Å²) < 4.78 is 6.81. The van der Waals surface area contributed by atoms with Crippen molar-refractivity contribution in [3.8, 4) is 0 Å². The summed E-state index contributed by atoms with van der Waals surface area (Å²) in [7, 11) is 0. The van der Waals surface area contributed by atoms with E-state index >= 15 is 0 Å². The van der Waals surface area contributed by atoms with Crippen molar-refractivity contribution in [2.75, 3.05) is 45.8 Å². The summed E-state index contributed by atoms with van der Waals surface area (Å²) in [6.45, 7) is 6.83. The van der Waals surface area contributed by atoms with E-state index in [0.29, 0.717) is 25.4 Å². The van der Waals surface area contributed by atoms with E-state index in [9.17, 15) is 9.59 Å². The number of aryl methyl sites for hydroxylation is 1. The Morgan fingerprint density at radius 1 is 1.04 bits per heavy atom. The molecule has 1 aromatic carbocycles. The van der Waals surface area contributed by atoms with E-state index < -0.39 is 0 Å². The first-order valence-electron chi connectivity index (χ1n) is 9.51. The third-order valence-electron chi connectivity index (χ3n) is 5.57. The second kappa shape index (κ2) is 7.64. The van der Waals surface area contributed by atoms with Gasteiger partial charge in [-0.15, -0.1) is 0 Å². The molecule has 0 N–H and O–H groups in total. The van der Waals surface area contributed by atoms with Gasteiger partial charge in [-0.25, -0.2) is 0 Å². The highest BCUT2D eigenvalue weighted by molar-refractivity contribution is 9.10.